The fraction of sp³-hybridized carbons (Fsp3) is 0.333. The summed E-state index contributed by atoms with van der Waals surface area (Å²) >= 11 is 0. The maximum Gasteiger partial charge on any atom is 0.437 e. The second-order valence-corrected chi connectivity index (χ2v) is 7.37. The van der Waals surface area contributed by atoms with Gasteiger partial charge in [0.2, 0.25) is 5.72 Å². The molecule has 2 aromatic rings. The number of nitrogens with one attached hydrogen (secondary N) is 2. The molecule has 1 heterocycles. The van der Waals surface area contributed by atoms with Gasteiger partial charge in [-0.15, -0.1) is 0 Å². The highest BCUT2D eigenvalue weighted by Crippen LogP contribution is 2.44. The second kappa shape index (κ2) is 7.51. The van der Waals surface area contributed by atoms with Gasteiger partial charge in [-0.3, -0.25) is 4.79 Å². The number of ketones is 1. The minimum Gasteiger partial charge on any atom is -0.363 e. The third kappa shape index (κ3) is 3.85. The average molecular weight is 406 g/mol. The Hall–Kier alpha value is -2.87. The number of hydrogen-bond donors (Lipinski definition) is 3. The van der Waals surface area contributed by atoms with Crippen LogP contribution >= 0.6 is 0 Å². The van der Waals surface area contributed by atoms with Crippen molar-refractivity contribution < 1.29 is 27.9 Å². The molecule has 3 N–H and O–H groups in total. The van der Waals surface area contributed by atoms with Crippen molar-refractivity contribution in [2.75, 3.05) is 0 Å². The zero-order valence-electron chi connectivity index (χ0n) is 15.8. The first-order valence-corrected chi connectivity index (χ1v) is 9.11. The molecule has 154 valence electrons. The molecule has 1 aliphatic rings. The average Bonchev–Trinajstić information content (AvgIpc) is 2.67. The predicted molar refractivity (Wildman–Crippen MR) is 100 cm³/mol. The van der Waals surface area contributed by atoms with Gasteiger partial charge in [-0.1, -0.05) is 68.4 Å². The monoisotopic (exact) mass is 406 g/mol. The van der Waals surface area contributed by atoms with E-state index in [4.69, 9.17) is 0 Å². The maximum atomic E-state index is 13.8. The van der Waals surface area contributed by atoms with Gasteiger partial charge < -0.3 is 15.7 Å². The molecule has 0 unspecified atom stereocenters. The Balaban J connectivity index is 2.13. The van der Waals surface area contributed by atoms with E-state index < -0.39 is 35.7 Å². The molecule has 0 bridgehead atoms. The lowest BCUT2D eigenvalue weighted by Gasteiger charge is -2.45. The highest BCUT2D eigenvalue weighted by Gasteiger charge is 2.66. The fourth-order valence-corrected chi connectivity index (χ4v) is 3.49. The van der Waals surface area contributed by atoms with Gasteiger partial charge in [-0.2, -0.15) is 13.2 Å². The van der Waals surface area contributed by atoms with Crippen molar-refractivity contribution in [3.05, 3.63) is 71.3 Å². The summed E-state index contributed by atoms with van der Waals surface area (Å²) < 4.78 is 41.5. The summed E-state index contributed by atoms with van der Waals surface area (Å²) in [5.41, 5.74) is -2.47. The molecular weight excluding hydrogens is 385 g/mol. The molecule has 8 heteroatoms. The first kappa shape index (κ1) is 20.9. The zero-order valence-corrected chi connectivity index (χ0v) is 15.8. The summed E-state index contributed by atoms with van der Waals surface area (Å²) in [6.45, 7) is 3.93. The van der Waals surface area contributed by atoms with Crippen molar-refractivity contribution in [1.29, 1.82) is 0 Å². The molecule has 29 heavy (non-hydrogen) atoms. The topological polar surface area (TPSA) is 78.4 Å². The van der Waals surface area contributed by atoms with Crippen LogP contribution in [0.1, 0.15) is 47.3 Å². The molecule has 3 atom stereocenters. The van der Waals surface area contributed by atoms with Crippen LogP contribution in [0, 0.1) is 5.92 Å². The van der Waals surface area contributed by atoms with Gasteiger partial charge in [0.1, 0.15) is 5.92 Å². The Labute approximate surface area is 165 Å². The standard InChI is InChI=1S/C21H21F3N2O3/c1-12(2)13-8-10-14(11-9-13)17-16(18(27)15-6-4-3-5-7-15)20(29,21(22,23)24)26-19(28)25-17/h3-12,16-17,29H,1-2H3,(H2,25,26,28)/t16-,17-,20-/m0/s1. The Morgan fingerprint density at radius 1 is 1.07 bits per heavy atom. The number of carbonyl (C=O) groups is 2. The molecule has 0 radical (unpaired) electrons. The van der Waals surface area contributed by atoms with Gasteiger partial charge in [-0.05, 0) is 17.0 Å². The van der Waals surface area contributed by atoms with E-state index in [2.05, 4.69) is 5.32 Å². The predicted octanol–water partition coefficient (Wildman–Crippen LogP) is 3.91. The molecule has 0 aliphatic carbocycles. The first-order chi connectivity index (χ1) is 13.5. The highest BCUT2D eigenvalue weighted by molar-refractivity contribution is 6.00. The largest absolute Gasteiger partial charge is 0.437 e. The van der Waals surface area contributed by atoms with E-state index in [1.165, 1.54) is 29.6 Å². The number of benzene rings is 2. The van der Waals surface area contributed by atoms with Crippen LogP contribution in [0.2, 0.25) is 0 Å². The van der Waals surface area contributed by atoms with Crippen molar-refractivity contribution in [3.63, 3.8) is 0 Å². The summed E-state index contributed by atoms with van der Waals surface area (Å²) in [6.07, 6.45) is -5.27. The Morgan fingerprint density at radius 3 is 2.17 bits per heavy atom. The molecule has 3 rings (SSSR count). The molecular formula is C21H21F3N2O3. The van der Waals surface area contributed by atoms with Crippen LogP contribution < -0.4 is 10.6 Å². The van der Waals surface area contributed by atoms with Crippen LogP contribution in [0.15, 0.2) is 54.6 Å². The zero-order chi connectivity index (χ0) is 21.4. The van der Waals surface area contributed by atoms with Crippen LogP contribution in [-0.4, -0.2) is 28.8 Å². The van der Waals surface area contributed by atoms with Gasteiger partial charge in [0.15, 0.2) is 5.78 Å². The molecule has 2 amide bonds. The van der Waals surface area contributed by atoms with E-state index >= 15 is 0 Å². The van der Waals surface area contributed by atoms with Crippen LogP contribution in [0.3, 0.4) is 0 Å². The Morgan fingerprint density at radius 2 is 1.66 bits per heavy atom. The lowest BCUT2D eigenvalue weighted by molar-refractivity contribution is -0.287. The Bertz CT molecular complexity index is 898. The summed E-state index contributed by atoms with van der Waals surface area (Å²) in [7, 11) is 0. The minimum absolute atomic E-state index is 0.00178. The van der Waals surface area contributed by atoms with Crippen LogP contribution in [0.5, 0.6) is 0 Å². The van der Waals surface area contributed by atoms with Crippen molar-refractivity contribution in [1.82, 2.24) is 10.6 Å². The Kier molecular flexibility index (Phi) is 5.40. The van der Waals surface area contributed by atoms with Gasteiger partial charge in [0.25, 0.3) is 0 Å². The fourth-order valence-electron chi connectivity index (χ4n) is 3.49. The SMILES string of the molecule is CC(C)c1ccc([C@@H]2NC(=O)N[C@@](O)(C(F)(F)F)[C@@H]2C(=O)c2ccccc2)cc1. The number of amides is 2. The number of rotatable bonds is 4. The summed E-state index contributed by atoms with van der Waals surface area (Å²) in [5, 5.41) is 14.4. The normalized spacial score (nSPS) is 24.7. The smallest absolute Gasteiger partial charge is 0.363 e. The molecule has 1 fully saturated rings. The number of hydrogen-bond acceptors (Lipinski definition) is 3. The van der Waals surface area contributed by atoms with Gasteiger partial charge in [-0.25, -0.2) is 4.79 Å². The lowest BCUT2D eigenvalue weighted by atomic mass is 9.77. The van der Waals surface area contributed by atoms with E-state index in [9.17, 15) is 27.9 Å². The van der Waals surface area contributed by atoms with Crippen LogP contribution in [0.4, 0.5) is 18.0 Å². The first-order valence-electron chi connectivity index (χ1n) is 9.11. The number of aliphatic hydroxyl groups is 1. The molecule has 2 aromatic carbocycles. The van der Waals surface area contributed by atoms with Crippen molar-refractivity contribution in [2.24, 2.45) is 5.92 Å². The van der Waals surface area contributed by atoms with Crippen molar-refractivity contribution in [3.8, 4) is 0 Å². The number of Topliss-reactive ketones (excluding diaryl/α,β-unsaturated/α-hetero) is 1. The number of urea groups is 1. The van der Waals surface area contributed by atoms with Crippen molar-refractivity contribution in [2.45, 2.75) is 37.7 Å². The minimum atomic E-state index is -5.27. The van der Waals surface area contributed by atoms with E-state index in [0.717, 1.165) is 5.56 Å². The van der Waals surface area contributed by atoms with E-state index in [0.29, 0.717) is 5.56 Å². The number of alkyl halides is 3. The summed E-state index contributed by atoms with van der Waals surface area (Å²) in [4.78, 5) is 25.1. The third-order valence-electron chi connectivity index (χ3n) is 5.11. The van der Waals surface area contributed by atoms with E-state index in [1.807, 2.05) is 13.8 Å². The molecule has 0 spiro atoms. The summed E-state index contributed by atoms with van der Waals surface area (Å²) in [5.74, 6) is -2.76. The molecule has 0 aromatic heterocycles. The van der Waals surface area contributed by atoms with Crippen molar-refractivity contribution >= 4 is 11.8 Å². The molecule has 5 nitrogen and oxygen atoms in total. The summed E-state index contributed by atoms with van der Waals surface area (Å²) in [6, 6.07) is 11.4. The van der Waals surface area contributed by atoms with Crippen LogP contribution in [0.25, 0.3) is 0 Å². The van der Waals surface area contributed by atoms with Gasteiger partial charge in [0.05, 0.1) is 6.04 Å². The lowest BCUT2D eigenvalue weighted by Crippen LogP contribution is -2.72. The highest BCUT2D eigenvalue weighted by atomic mass is 19.4. The van der Waals surface area contributed by atoms with E-state index in [1.54, 1.807) is 30.3 Å². The van der Waals surface area contributed by atoms with Crippen LogP contribution in [-0.2, 0) is 0 Å². The molecule has 1 aliphatic heterocycles. The van der Waals surface area contributed by atoms with E-state index in [-0.39, 0.29) is 11.5 Å². The quantitative estimate of drug-likeness (QED) is 0.674. The molecule has 0 saturated carbocycles. The second-order valence-electron chi connectivity index (χ2n) is 7.37. The maximum absolute atomic E-state index is 13.8. The number of halogens is 3. The van der Waals surface area contributed by atoms with Gasteiger partial charge in [0, 0.05) is 5.56 Å². The third-order valence-corrected chi connectivity index (χ3v) is 5.11. The number of carbonyl (C=O) groups excluding carboxylic acids is 2. The molecule has 1 saturated heterocycles. The van der Waals surface area contributed by atoms with Gasteiger partial charge >= 0.3 is 12.2 Å².